The number of unbranched alkanes of at least 4 members (excludes halogenated alkanes) is 1. The Morgan fingerprint density at radius 1 is 1.04 bits per heavy atom. The largest absolute Gasteiger partial charge is 0.327 e. The van der Waals surface area contributed by atoms with Crippen molar-refractivity contribution in [3.63, 3.8) is 0 Å². The second-order valence-corrected chi connectivity index (χ2v) is 7.02. The zero-order chi connectivity index (χ0) is 17.9. The molecule has 0 fully saturated rings. The number of hydrogen-bond donors (Lipinski definition) is 0. The molecule has 1 aliphatic rings. The fourth-order valence-electron chi connectivity index (χ4n) is 3.75. The third-order valence-corrected chi connectivity index (χ3v) is 5.29. The number of nitrogens with zero attached hydrogens (tertiary/aromatic N) is 4. The summed E-state index contributed by atoms with van der Waals surface area (Å²) in [5, 5.41) is 8.96. The molecule has 0 unspecified atom stereocenters. The maximum atomic E-state index is 8.96. The summed E-state index contributed by atoms with van der Waals surface area (Å²) in [7, 11) is 0. The van der Waals surface area contributed by atoms with Crippen LogP contribution in [0.5, 0.6) is 0 Å². The first-order chi connectivity index (χ1) is 12.8. The minimum absolute atomic E-state index is 0.691. The van der Waals surface area contributed by atoms with Crippen LogP contribution < -0.4 is 0 Å². The molecule has 0 N–H and O–H groups in total. The number of hydrogen-bond acceptors (Lipinski definition) is 3. The molecular weight excluding hydrogens is 320 g/mol. The van der Waals surface area contributed by atoms with Crippen molar-refractivity contribution in [3.8, 4) is 17.2 Å². The molecule has 0 saturated heterocycles. The van der Waals surface area contributed by atoms with Gasteiger partial charge in [0.15, 0.2) is 0 Å². The molecule has 0 radical (unpaired) electrons. The van der Waals surface area contributed by atoms with Crippen LogP contribution in [0.25, 0.3) is 22.2 Å². The molecule has 4 heteroatoms. The topological polar surface area (TPSA) is 44.9 Å². The Balaban J connectivity index is 1.61. The summed E-state index contributed by atoms with van der Waals surface area (Å²) in [5.74, 6) is 1.20. The average Bonchev–Trinajstić information content (AvgIpc) is 2.91. The lowest BCUT2D eigenvalue weighted by molar-refractivity contribution is 0.276. The lowest BCUT2D eigenvalue weighted by Gasteiger charge is -2.18. The number of benzene rings is 2. The number of aromatic nitrogens is 2. The number of imidazole rings is 1. The molecule has 26 heavy (non-hydrogen) atoms. The standard InChI is InChI=1S/C22H24N4/c1-2-3-11-25-12-10-22-24-20-15-19(8-9-21(20)26(22)14-13-25)18-6-4-17(16-23)5-7-18/h4-9,15H,2-3,10-14H2,1H3. The first-order valence-corrected chi connectivity index (χ1v) is 9.50. The quantitative estimate of drug-likeness (QED) is 0.711. The molecule has 4 rings (SSSR count). The van der Waals surface area contributed by atoms with E-state index in [1.807, 2.05) is 24.3 Å². The van der Waals surface area contributed by atoms with Crippen molar-refractivity contribution < 1.29 is 0 Å². The molecular formula is C22H24N4. The van der Waals surface area contributed by atoms with Crippen LogP contribution in [0.15, 0.2) is 42.5 Å². The Bertz CT molecular complexity index is 947. The van der Waals surface area contributed by atoms with E-state index in [-0.39, 0.29) is 0 Å². The van der Waals surface area contributed by atoms with Crippen LogP contribution in [0.3, 0.4) is 0 Å². The molecule has 0 amide bonds. The van der Waals surface area contributed by atoms with Crippen LogP contribution >= 0.6 is 0 Å². The first-order valence-electron chi connectivity index (χ1n) is 9.50. The molecule has 4 nitrogen and oxygen atoms in total. The molecule has 0 bridgehead atoms. The van der Waals surface area contributed by atoms with Crippen molar-refractivity contribution in [3.05, 3.63) is 53.9 Å². The van der Waals surface area contributed by atoms with Crippen LogP contribution in [0.2, 0.25) is 0 Å². The van der Waals surface area contributed by atoms with E-state index in [1.54, 1.807) is 0 Å². The van der Waals surface area contributed by atoms with Gasteiger partial charge in [-0.3, -0.25) is 0 Å². The van der Waals surface area contributed by atoms with Gasteiger partial charge in [-0.1, -0.05) is 31.5 Å². The zero-order valence-electron chi connectivity index (χ0n) is 15.3. The Labute approximate surface area is 154 Å². The van der Waals surface area contributed by atoms with Crippen molar-refractivity contribution >= 4 is 11.0 Å². The van der Waals surface area contributed by atoms with Crippen molar-refractivity contribution in [2.75, 3.05) is 19.6 Å². The third kappa shape index (κ3) is 3.23. The van der Waals surface area contributed by atoms with E-state index in [9.17, 15) is 0 Å². The lowest BCUT2D eigenvalue weighted by Crippen LogP contribution is -2.28. The summed E-state index contributed by atoms with van der Waals surface area (Å²) in [5.41, 5.74) is 5.27. The van der Waals surface area contributed by atoms with E-state index in [0.29, 0.717) is 5.56 Å². The van der Waals surface area contributed by atoms with E-state index < -0.39 is 0 Å². The number of rotatable bonds is 4. The van der Waals surface area contributed by atoms with Gasteiger partial charge in [0.2, 0.25) is 0 Å². The highest BCUT2D eigenvalue weighted by Crippen LogP contribution is 2.26. The van der Waals surface area contributed by atoms with Crippen molar-refractivity contribution in [2.24, 2.45) is 0 Å². The third-order valence-electron chi connectivity index (χ3n) is 5.29. The minimum atomic E-state index is 0.691. The Kier molecular flexibility index (Phi) is 4.73. The summed E-state index contributed by atoms with van der Waals surface area (Å²) in [4.78, 5) is 7.50. The maximum absolute atomic E-state index is 8.96. The van der Waals surface area contributed by atoms with Gasteiger partial charge in [-0.15, -0.1) is 0 Å². The van der Waals surface area contributed by atoms with Crippen molar-refractivity contribution in [2.45, 2.75) is 32.7 Å². The maximum Gasteiger partial charge on any atom is 0.111 e. The fourth-order valence-corrected chi connectivity index (χ4v) is 3.75. The van der Waals surface area contributed by atoms with Gasteiger partial charge in [0, 0.05) is 26.1 Å². The first kappa shape index (κ1) is 16.8. The normalized spacial score (nSPS) is 14.8. The highest BCUT2D eigenvalue weighted by molar-refractivity contribution is 5.82. The summed E-state index contributed by atoms with van der Waals surface area (Å²) in [6.45, 7) is 6.68. The van der Waals surface area contributed by atoms with E-state index in [2.05, 4.69) is 40.7 Å². The average molecular weight is 344 g/mol. The van der Waals surface area contributed by atoms with Crippen LogP contribution in [-0.4, -0.2) is 34.1 Å². The second kappa shape index (κ2) is 7.31. The van der Waals surface area contributed by atoms with Gasteiger partial charge < -0.3 is 9.47 Å². The summed E-state index contributed by atoms with van der Waals surface area (Å²) >= 11 is 0. The van der Waals surface area contributed by atoms with Crippen molar-refractivity contribution in [1.29, 1.82) is 5.26 Å². The second-order valence-electron chi connectivity index (χ2n) is 7.02. The molecule has 1 aliphatic heterocycles. The highest BCUT2D eigenvalue weighted by Gasteiger charge is 2.17. The number of fused-ring (bicyclic) bond motifs is 3. The Morgan fingerprint density at radius 2 is 1.85 bits per heavy atom. The van der Waals surface area contributed by atoms with Crippen LogP contribution in [-0.2, 0) is 13.0 Å². The van der Waals surface area contributed by atoms with Gasteiger partial charge in [-0.2, -0.15) is 5.26 Å². The summed E-state index contributed by atoms with van der Waals surface area (Å²) < 4.78 is 2.39. The SMILES string of the molecule is CCCCN1CCc2nc3cc(-c4ccc(C#N)cc4)ccc3n2CC1. The molecule has 3 aromatic rings. The van der Waals surface area contributed by atoms with Gasteiger partial charge in [-0.05, 0) is 48.4 Å². The lowest BCUT2D eigenvalue weighted by atomic mass is 10.0. The van der Waals surface area contributed by atoms with Crippen LogP contribution in [0.4, 0.5) is 0 Å². The van der Waals surface area contributed by atoms with E-state index in [1.165, 1.54) is 30.7 Å². The summed E-state index contributed by atoms with van der Waals surface area (Å²) in [6, 6.07) is 16.5. The van der Waals surface area contributed by atoms with Gasteiger partial charge in [0.25, 0.3) is 0 Å². The Morgan fingerprint density at radius 3 is 2.62 bits per heavy atom. The zero-order valence-corrected chi connectivity index (χ0v) is 15.3. The van der Waals surface area contributed by atoms with E-state index >= 15 is 0 Å². The highest BCUT2D eigenvalue weighted by atomic mass is 15.2. The molecule has 2 heterocycles. The monoisotopic (exact) mass is 344 g/mol. The van der Waals surface area contributed by atoms with Crippen LogP contribution in [0, 0.1) is 11.3 Å². The molecule has 2 aromatic carbocycles. The number of nitriles is 1. The van der Waals surface area contributed by atoms with Gasteiger partial charge in [0.05, 0.1) is 22.7 Å². The predicted molar refractivity (Wildman–Crippen MR) is 105 cm³/mol. The fraction of sp³-hybridized carbons (Fsp3) is 0.364. The van der Waals surface area contributed by atoms with Crippen LogP contribution in [0.1, 0.15) is 31.2 Å². The predicted octanol–water partition coefficient (Wildman–Crippen LogP) is 4.23. The van der Waals surface area contributed by atoms with E-state index in [0.717, 1.165) is 42.7 Å². The van der Waals surface area contributed by atoms with Gasteiger partial charge >= 0.3 is 0 Å². The molecule has 0 spiro atoms. The molecule has 0 saturated carbocycles. The summed E-state index contributed by atoms with van der Waals surface area (Å²) in [6.07, 6.45) is 3.55. The van der Waals surface area contributed by atoms with E-state index in [4.69, 9.17) is 10.2 Å². The smallest absolute Gasteiger partial charge is 0.111 e. The van der Waals surface area contributed by atoms with Gasteiger partial charge in [-0.25, -0.2) is 4.98 Å². The molecule has 132 valence electrons. The van der Waals surface area contributed by atoms with Gasteiger partial charge in [0.1, 0.15) is 5.82 Å². The molecule has 0 aliphatic carbocycles. The molecule has 0 atom stereocenters. The minimum Gasteiger partial charge on any atom is -0.327 e. The van der Waals surface area contributed by atoms with Crippen molar-refractivity contribution in [1.82, 2.24) is 14.5 Å². The molecule has 1 aromatic heterocycles. The Hall–Kier alpha value is -2.64.